The van der Waals surface area contributed by atoms with Gasteiger partial charge < -0.3 is 14.4 Å². The zero-order valence-corrected chi connectivity index (χ0v) is 16.9. The van der Waals surface area contributed by atoms with Gasteiger partial charge in [0, 0.05) is 30.8 Å². The van der Waals surface area contributed by atoms with Crippen molar-refractivity contribution in [3.63, 3.8) is 0 Å². The van der Waals surface area contributed by atoms with E-state index in [0.29, 0.717) is 6.10 Å². The molecule has 3 heterocycles. The van der Waals surface area contributed by atoms with Crippen molar-refractivity contribution in [2.24, 2.45) is 0 Å². The molecule has 28 heavy (non-hydrogen) atoms. The highest BCUT2D eigenvalue weighted by Gasteiger charge is 2.28. The standard InChI is InChI=1S/C23H24N2O2.ClH/c1-16-20-11-12-25(15-19-8-5-13-26-19)23(20)21-14-18(9-10-22(21)24-16)27-17-6-3-2-4-7-17;/h2-4,6-7,9-10,14,19H,5,8,11-13,15H2,1H3;1H. The molecule has 5 heteroatoms. The number of benzene rings is 2. The zero-order valence-electron chi connectivity index (χ0n) is 16.1. The van der Waals surface area contributed by atoms with Crippen LogP contribution < -0.4 is 9.64 Å². The summed E-state index contributed by atoms with van der Waals surface area (Å²) in [6.45, 7) is 5.04. The second-order valence-electron chi connectivity index (χ2n) is 7.45. The van der Waals surface area contributed by atoms with E-state index in [0.717, 1.165) is 55.2 Å². The van der Waals surface area contributed by atoms with Crippen molar-refractivity contribution in [3.8, 4) is 11.5 Å². The monoisotopic (exact) mass is 396 g/mol. The second-order valence-corrected chi connectivity index (χ2v) is 7.45. The Morgan fingerprint density at radius 3 is 2.79 bits per heavy atom. The predicted octanol–water partition coefficient (Wildman–Crippen LogP) is 5.30. The number of ether oxygens (including phenoxy) is 2. The molecule has 0 aliphatic carbocycles. The van der Waals surface area contributed by atoms with E-state index in [-0.39, 0.29) is 12.4 Å². The normalized spacial score (nSPS) is 18.2. The van der Waals surface area contributed by atoms with Crippen LogP contribution in [-0.2, 0) is 11.2 Å². The minimum Gasteiger partial charge on any atom is -0.457 e. The highest BCUT2D eigenvalue weighted by Crippen LogP contribution is 2.39. The third-order valence-electron chi connectivity index (χ3n) is 5.61. The summed E-state index contributed by atoms with van der Waals surface area (Å²) in [5, 5.41) is 1.18. The molecule has 4 nitrogen and oxygen atoms in total. The van der Waals surface area contributed by atoms with Crippen LogP contribution in [0.5, 0.6) is 11.5 Å². The Morgan fingerprint density at radius 2 is 2.00 bits per heavy atom. The number of fused-ring (bicyclic) bond motifs is 3. The molecule has 1 atom stereocenters. The minimum absolute atomic E-state index is 0. The van der Waals surface area contributed by atoms with Gasteiger partial charge in [0.1, 0.15) is 11.5 Å². The molecule has 0 radical (unpaired) electrons. The first-order valence-electron chi connectivity index (χ1n) is 9.80. The number of aryl methyl sites for hydroxylation is 1. The molecule has 2 aliphatic rings. The fourth-order valence-corrected chi connectivity index (χ4v) is 4.31. The lowest BCUT2D eigenvalue weighted by atomic mass is 10.1. The SMILES string of the molecule is Cc1nc2ccc(Oc3ccccc3)cc2c2c1CCN2CC1CCCO1.Cl. The molecule has 1 unspecified atom stereocenters. The van der Waals surface area contributed by atoms with Crippen molar-refractivity contribution in [2.45, 2.75) is 32.3 Å². The van der Waals surface area contributed by atoms with E-state index in [9.17, 15) is 0 Å². The van der Waals surface area contributed by atoms with Crippen LogP contribution in [0, 0.1) is 6.92 Å². The van der Waals surface area contributed by atoms with E-state index in [1.807, 2.05) is 36.4 Å². The lowest BCUT2D eigenvalue weighted by molar-refractivity contribution is 0.116. The molecule has 0 amide bonds. The number of hydrogen-bond acceptors (Lipinski definition) is 4. The van der Waals surface area contributed by atoms with E-state index in [1.165, 1.54) is 23.1 Å². The van der Waals surface area contributed by atoms with Crippen LogP contribution in [0.3, 0.4) is 0 Å². The Labute approximate surface area is 171 Å². The van der Waals surface area contributed by atoms with E-state index < -0.39 is 0 Å². The summed E-state index contributed by atoms with van der Waals surface area (Å²) < 4.78 is 12.0. The Kier molecular flexibility index (Phi) is 5.42. The van der Waals surface area contributed by atoms with Gasteiger partial charge in [-0.1, -0.05) is 18.2 Å². The number of hydrogen-bond donors (Lipinski definition) is 0. The first-order chi connectivity index (χ1) is 13.3. The summed E-state index contributed by atoms with van der Waals surface area (Å²) >= 11 is 0. The summed E-state index contributed by atoms with van der Waals surface area (Å²) in [5.41, 5.74) is 4.87. The molecule has 0 spiro atoms. The molecule has 1 fully saturated rings. The third-order valence-corrected chi connectivity index (χ3v) is 5.61. The third kappa shape index (κ3) is 3.54. The largest absolute Gasteiger partial charge is 0.457 e. The summed E-state index contributed by atoms with van der Waals surface area (Å²) in [5.74, 6) is 1.70. The van der Waals surface area contributed by atoms with Crippen molar-refractivity contribution in [2.75, 3.05) is 24.6 Å². The van der Waals surface area contributed by atoms with Crippen molar-refractivity contribution in [3.05, 3.63) is 59.8 Å². The number of aromatic nitrogens is 1. The van der Waals surface area contributed by atoms with Crippen molar-refractivity contribution >= 4 is 29.0 Å². The topological polar surface area (TPSA) is 34.6 Å². The molecule has 0 N–H and O–H groups in total. The maximum Gasteiger partial charge on any atom is 0.128 e. The van der Waals surface area contributed by atoms with Crippen LogP contribution in [-0.4, -0.2) is 30.8 Å². The molecule has 1 saturated heterocycles. The van der Waals surface area contributed by atoms with Crippen LogP contribution >= 0.6 is 12.4 Å². The molecule has 3 aromatic rings. The van der Waals surface area contributed by atoms with E-state index >= 15 is 0 Å². The summed E-state index contributed by atoms with van der Waals surface area (Å²) in [4.78, 5) is 7.34. The summed E-state index contributed by atoms with van der Waals surface area (Å²) in [7, 11) is 0. The Hall–Kier alpha value is -2.30. The molecule has 0 saturated carbocycles. The van der Waals surface area contributed by atoms with Gasteiger partial charge in [-0.15, -0.1) is 12.4 Å². The van der Waals surface area contributed by atoms with E-state index in [1.54, 1.807) is 0 Å². The highest BCUT2D eigenvalue weighted by atomic mass is 35.5. The average molecular weight is 397 g/mol. The zero-order chi connectivity index (χ0) is 18.2. The van der Waals surface area contributed by atoms with Crippen LogP contribution in [0.1, 0.15) is 24.1 Å². The van der Waals surface area contributed by atoms with Crippen LogP contribution in [0.15, 0.2) is 48.5 Å². The van der Waals surface area contributed by atoms with Gasteiger partial charge in [0.15, 0.2) is 0 Å². The van der Waals surface area contributed by atoms with Gasteiger partial charge >= 0.3 is 0 Å². The first kappa shape index (κ1) is 19.0. The Morgan fingerprint density at radius 1 is 1.14 bits per heavy atom. The second kappa shape index (κ2) is 7.98. The van der Waals surface area contributed by atoms with Gasteiger partial charge in [-0.3, -0.25) is 4.98 Å². The number of halogens is 1. The Bertz CT molecular complexity index is 971. The number of anilines is 1. The van der Waals surface area contributed by atoms with Gasteiger partial charge in [0.25, 0.3) is 0 Å². The number of nitrogens with zero attached hydrogens (tertiary/aromatic N) is 2. The van der Waals surface area contributed by atoms with Gasteiger partial charge in [-0.05, 0) is 62.1 Å². The van der Waals surface area contributed by atoms with Crippen molar-refractivity contribution < 1.29 is 9.47 Å². The lowest BCUT2D eigenvalue weighted by Gasteiger charge is -2.24. The molecule has 2 aromatic carbocycles. The minimum atomic E-state index is 0. The van der Waals surface area contributed by atoms with Gasteiger partial charge in [0.05, 0.1) is 17.3 Å². The maximum atomic E-state index is 6.07. The van der Waals surface area contributed by atoms with E-state index in [4.69, 9.17) is 14.5 Å². The van der Waals surface area contributed by atoms with Crippen molar-refractivity contribution in [1.82, 2.24) is 4.98 Å². The van der Waals surface area contributed by atoms with Crippen LogP contribution in [0.25, 0.3) is 10.9 Å². The maximum absolute atomic E-state index is 6.07. The number of para-hydroxylation sites is 1. The summed E-state index contributed by atoms with van der Waals surface area (Å²) in [6.07, 6.45) is 3.75. The van der Waals surface area contributed by atoms with E-state index in [2.05, 4.69) is 24.0 Å². The fraction of sp³-hybridized carbons (Fsp3) is 0.348. The van der Waals surface area contributed by atoms with Gasteiger partial charge in [0.2, 0.25) is 0 Å². The molecule has 146 valence electrons. The summed E-state index contributed by atoms with van der Waals surface area (Å²) in [6, 6.07) is 16.1. The average Bonchev–Trinajstić information content (AvgIpc) is 3.34. The predicted molar refractivity (Wildman–Crippen MR) is 115 cm³/mol. The van der Waals surface area contributed by atoms with Gasteiger partial charge in [-0.2, -0.15) is 0 Å². The van der Waals surface area contributed by atoms with Crippen LogP contribution in [0.4, 0.5) is 5.69 Å². The first-order valence-corrected chi connectivity index (χ1v) is 9.80. The molecule has 1 aromatic heterocycles. The molecular formula is C23H25ClN2O2. The molecule has 0 bridgehead atoms. The lowest BCUT2D eigenvalue weighted by Crippen LogP contribution is -2.30. The Balaban J connectivity index is 0.00000192. The molecule has 2 aliphatic heterocycles. The number of pyridine rings is 1. The quantitative estimate of drug-likeness (QED) is 0.599. The highest BCUT2D eigenvalue weighted by molar-refractivity contribution is 5.96. The molecule has 5 rings (SSSR count). The smallest absolute Gasteiger partial charge is 0.128 e. The van der Waals surface area contributed by atoms with Gasteiger partial charge in [-0.25, -0.2) is 0 Å². The van der Waals surface area contributed by atoms with Crippen LogP contribution in [0.2, 0.25) is 0 Å². The molecular weight excluding hydrogens is 372 g/mol. The van der Waals surface area contributed by atoms with Crippen molar-refractivity contribution in [1.29, 1.82) is 0 Å². The number of rotatable bonds is 4. The fourth-order valence-electron chi connectivity index (χ4n) is 4.31.